The zero-order valence-electron chi connectivity index (χ0n) is 11.3. The van der Waals surface area contributed by atoms with E-state index in [9.17, 15) is 0 Å². The fourth-order valence-corrected chi connectivity index (χ4v) is 2.43. The van der Waals surface area contributed by atoms with Gasteiger partial charge in [-0.2, -0.15) is 0 Å². The van der Waals surface area contributed by atoms with Crippen molar-refractivity contribution in [3.05, 3.63) is 59.1 Å². The van der Waals surface area contributed by atoms with Gasteiger partial charge in [-0.3, -0.25) is 0 Å². The van der Waals surface area contributed by atoms with E-state index in [1.807, 2.05) is 30.3 Å². The van der Waals surface area contributed by atoms with E-state index in [0.717, 1.165) is 12.0 Å². The van der Waals surface area contributed by atoms with Crippen molar-refractivity contribution in [3.63, 3.8) is 0 Å². The molecule has 1 aromatic heterocycles. The van der Waals surface area contributed by atoms with Gasteiger partial charge in [-0.05, 0) is 40.6 Å². The van der Waals surface area contributed by atoms with E-state index in [1.165, 1.54) is 5.56 Å². The largest absolute Gasteiger partial charge is 0.399 e. The first kappa shape index (κ1) is 13.6. The number of anilines is 1. The van der Waals surface area contributed by atoms with E-state index in [0.29, 0.717) is 23.1 Å². The highest BCUT2D eigenvalue weighted by Gasteiger charge is 2.10. The van der Waals surface area contributed by atoms with Crippen LogP contribution in [-0.2, 0) is 13.0 Å². The van der Waals surface area contributed by atoms with E-state index >= 15 is 0 Å². The van der Waals surface area contributed by atoms with Crippen LogP contribution in [0, 0.1) is 0 Å². The SMILES string of the molecule is Nc1cc(Cl)cc(-c2nnnn2CCc2ccccc2)c1. The number of aryl methyl sites for hydroxylation is 2. The summed E-state index contributed by atoms with van der Waals surface area (Å²) in [4.78, 5) is 0. The number of hydrogen-bond acceptors (Lipinski definition) is 4. The Labute approximate surface area is 127 Å². The lowest BCUT2D eigenvalue weighted by Gasteiger charge is -2.06. The summed E-state index contributed by atoms with van der Waals surface area (Å²) >= 11 is 6.03. The van der Waals surface area contributed by atoms with Crippen molar-refractivity contribution in [2.75, 3.05) is 5.73 Å². The molecule has 3 aromatic rings. The molecule has 0 aliphatic heterocycles. The lowest BCUT2D eigenvalue weighted by atomic mass is 10.1. The van der Waals surface area contributed by atoms with Crippen LogP contribution in [0.15, 0.2) is 48.5 Å². The average molecular weight is 300 g/mol. The molecule has 2 aromatic carbocycles. The maximum absolute atomic E-state index is 6.03. The molecule has 3 rings (SSSR count). The molecule has 0 amide bonds. The number of tetrazole rings is 1. The highest BCUT2D eigenvalue weighted by Crippen LogP contribution is 2.24. The molecule has 1 heterocycles. The zero-order valence-corrected chi connectivity index (χ0v) is 12.0. The molecule has 0 saturated carbocycles. The van der Waals surface area contributed by atoms with Crippen molar-refractivity contribution in [2.24, 2.45) is 0 Å². The van der Waals surface area contributed by atoms with Crippen molar-refractivity contribution < 1.29 is 0 Å². The number of benzene rings is 2. The van der Waals surface area contributed by atoms with Gasteiger partial charge >= 0.3 is 0 Å². The summed E-state index contributed by atoms with van der Waals surface area (Å²) in [5.41, 5.74) is 8.47. The van der Waals surface area contributed by atoms with E-state index < -0.39 is 0 Å². The van der Waals surface area contributed by atoms with E-state index in [2.05, 4.69) is 27.7 Å². The minimum atomic E-state index is 0.572. The van der Waals surface area contributed by atoms with Gasteiger partial charge in [0.05, 0.1) is 0 Å². The van der Waals surface area contributed by atoms with Gasteiger partial charge in [0.15, 0.2) is 5.82 Å². The van der Waals surface area contributed by atoms with Gasteiger partial charge in [-0.1, -0.05) is 41.9 Å². The number of aromatic nitrogens is 4. The van der Waals surface area contributed by atoms with Crippen LogP contribution in [0.2, 0.25) is 5.02 Å². The van der Waals surface area contributed by atoms with Crippen LogP contribution in [0.3, 0.4) is 0 Å². The molecule has 0 spiro atoms. The number of nitrogen functional groups attached to an aromatic ring is 1. The summed E-state index contributed by atoms with van der Waals surface area (Å²) in [5, 5.41) is 12.4. The summed E-state index contributed by atoms with van der Waals surface area (Å²) in [6.07, 6.45) is 0.856. The van der Waals surface area contributed by atoms with E-state index in [4.69, 9.17) is 17.3 Å². The van der Waals surface area contributed by atoms with Gasteiger partial charge in [-0.15, -0.1) is 5.10 Å². The number of rotatable bonds is 4. The lowest BCUT2D eigenvalue weighted by Crippen LogP contribution is -2.06. The molecular formula is C15H14ClN5. The minimum Gasteiger partial charge on any atom is -0.399 e. The van der Waals surface area contributed by atoms with Crippen LogP contribution in [0.5, 0.6) is 0 Å². The number of nitrogens with two attached hydrogens (primary N) is 1. The predicted molar refractivity (Wildman–Crippen MR) is 82.8 cm³/mol. The molecule has 0 aliphatic carbocycles. The summed E-state index contributed by atoms with van der Waals surface area (Å²) < 4.78 is 1.76. The van der Waals surface area contributed by atoms with Gasteiger partial charge in [0.25, 0.3) is 0 Å². The number of nitrogens with zero attached hydrogens (tertiary/aromatic N) is 4. The first-order chi connectivity index (χ1) is 10.2. The molecule has 0 unspecified atom stereocenters. The Hall–Kier alpha value is -2.40. The summed E-state index contributed by atoms with van der Waals surface area (Å²) in [6.45, 7) is 0.693. The molecule has 0 atom stereocenters. The second-order valence-corrected chi connectivity index (χ2v) is 5.17. The normalized spacial score (nSPS) is 10.7. The Morgan fingerprint density at radius 3 is 2.67 bits per heavy atom. The van der Waals surface area contributed by atoms with Crippen LogP contribution in [0.25, 0.3) is 11.4 Å². The standard InChI is InChI=1S/C15H14ClN5/c16-13-8-12(9-14(17)10-13)15-18-19-20-21(15)7-6-11-4-2-1-3-5-11/h1-5,8-10H,6-7,17H2. The van der Waals surface area contributed by atoms with Gasteiger partial charge in [0.1, 0.15) is 0 Å². The molecule has 2 N–H and O–H groups in total. The maximum Gasteiger partial charge on any atom is 0.182 e. The van der Waals surface area contributed by atoms with Crippen molar-refractivity contribution >= 4 is 17.3 Å². The predicted octanol–water partition coefficient (Wildman–Crippen LogP) is 2.82. The average Bonchev–Trinajstić information content (AvgIpc) is 2.93. The van der Waals surface area contributed by atoms with Crippen molar-refractivity contribution in [3.8, 4) is 11.4 Å². The third-order valence-corrected chi connectivity index (χ3v) is 3.38. The second-order valence-electron chi connectivity index (χ2n) is 4.73. The highest BCUT2D eigenvalue weighted by molar-refractivity contribution is 6.31. The lowest BCUT2D eigenvalue weighted by molar-refractivity contribution is 0.594. The highest BCUT2D eigenvalue weighted by atomic mass is 35.5. The van der Waals surface area contributed by atoms with Crippen LogP contribution in [0.4, 0.5) is 5.69 Å². The Bertz CT molecular complexity index is 719. The summed E-state index contributed by atoms with van der Waals surface area (Å²) in [6, 6.07) is 15.5. The molecular weight excluding hydrogens is 286 g/mol. The van der Waals surface area contributed by atoms with Gasteiger partial charge in [0.2, 0.25) is 0 Å². The van der Waals surface area contributed by atoms with Gasteiger partial charge in [0, 0.05) is 22.8 Å². The van der Waals surface area contributed by atoms with Crippen LogP contribution < -0.4 is 5.73 Å². The molecule has 0 fully saturated rings. The molecule has 5 nitrogen and oxygen atoms in total. The van der Waals surface area contributed by atoms with Crippen LogP contribution in [0.1, 0.15) is 5.56 Å². The zero-order chi connectivity index (χ0) is 14.7. The van der Waals surface area contributed by atoms with E-state index in [1.54, 1.807) is 10.7 Å². The topological polar surface area (TPSA) is 69.6 Å². The number of halogens is 1. The summed E-state index contributed by atoms with van der Waals surface area (Å²) in [7, 11) is 0. The molecule has 0 saturated heterocycles. The smallest absolute Gasteiger partial charge is 0.182 e. The second kappa shape index (κ2) is 5.93. The van der Waals surface area contributed by atoms with Crippen LogP contribution >= 0.6 is 11.6 Å². The van der Waals surface area contributed by atoms with Gasteiger partial charge < -0.3 is 5.73 Å². The first-order valence-corrected chi connectivity index (χ1v) is 6.97. The first-order valence-electron chi connectivity index (χ1n) is 6.59. The molecule has 6 heteroatoms. The fourth-order valence-electron chi connectivity index (χ4n) is 2.18. The van der Waals surface area contributed by atoms with Gasteiger partial charge in [-0.25, -0.2) is 4.68 Å². The quantitative estimate of drug-likeness (QED) is 0.752. The van der Waals surface area contributed by atoms with Crippen molar-refractivity contribution in [1.29, 1.82) is 0 Å². The Morgan fingerprint density at radius 2 is 1.90 bits per heavy atom. The Kier molecular flexibility index (Phi) is 3.83. The molecule has 0 aliphatic rings. The van der Waals surface area contributed by atoms with Crippen LogP contribution in [-0.4, -0.2) is 20.2 Å². The molecule has 0 bridgehead atoms. The molecule has 106 valence electrons. The number of hydrogen-bond donors (Lipinski definition) is 1. The monoisotopic (exact) mass is 299 g/mol. The maximum atomic E-state index is 6.03. The molecule has 0 radical (unpaired) electrons. The third kappa shape index (κ3) is 3.20. The fraction of sp³-hybridized carbons (Fsp3) is 0.133. The van der Waals surface area contributed by atoms with Crippen molar-refractivity contribution in [2.45, 2.75) is 13.0 Å². The Balaban J connectivity index is 1.84. The summed E-state index contributed by atoms with van der Waals surface area (Å²) in [5.74, 6) is 0.667. The third-order valence-electron chi connectivity index (χ3n) is 3.17. The van der Waals surface area contributed by atoms with E-state index in [-0.39, 0.29) is 0 Å². The molecule has 21 heavy (non-hydrogen) atoms. The van der Waals surface area contributed by atoms with Crippen molar-refractivity contribution in [1.82, 2.24) is 20.2 Å². The Morgan fingerprint density at radius 1 is 1.10 bits per heavy atom. The minimum absolute atomic E-state index is 0.572.